The summed E-state index contributed by atoms with van der Waals surface area (Å²) in [5.41, 5.74) is 0.602. The van der Waals surface area contributed by atoms with E-state index < -0.39 is 17.0 Å². The van der Waals surface area contributed by atoms with Gasteiger partial charge in [-0.15, -0.1) is 0 Å². The largest absolute Gasteiger partial charge is 0.459 e. The number of aliphatic hydroxyl groups is 1. The quantitative estimate of drug-likeness (QED) is 0.469. The summed E-state index contributed by atoms with van der Waals surface area (Å²) in [5.74, 6) is -0.724. The second-order valence-electron chi connectivity index (χ2n) is 3.21. The summed E-state index contributed by atoms with van der Waals surface area (Å²) in [5, 5.41) is 19.2. The first kappa shape index (κ1) is 12.1. The van der Waals surface area contributed by atoms with Crippen LogP contribution in [0.3, 0.4) is 0 Å². The monoisotopic (exact) mass is 225 g/mol. The van der Waals surface area contributed by atoms with Crippen molar-refractivity contribution in [2.45, 2.75) is 19.6 Å². The highest BCUT2D eigenvalue weighted by atomic mass is 16.6. The van der Waals surface area contributed by atoms with Crippen molar-refractivity contribution in [3.05, 3.63) is 39.9 Å². The summed E-state index contributed by atoms with van der Waals surface area (Å²) in [4.78, 5) is 20.8. The number of non-ortho nitro benzene ring substituents is 1. The van der Waals surface area contributed by atoms with E-state index >= 15 is 0 Å². The molecule has 0 heterocycles. The van der Waals surface area contributed by atoms with Gasteiger partial charge in [0.25, 0.3) is 5.69 Å². The molecule has 1 rings (SSSR count). The zero-order valence-corrected chi connectivity index (χ0v) is 8.62. The molecule has 16 heavy (non-hydrogen) atoms. The van der Waals surface area contributed by atoms with Crippen LogP contribution in [0.25, 0.3) is 0 Å². The van der Waals surface area contributed by atoms with Gasteiger partial charge in [0.1, 0.15) is 12.7 Å². The molecule has 6 heteroatoms. The number of esters is 1. The second kappa shape index (κ2) is 5.22. The Morgan fingerprint density at radius 3 is 2.50 bits per heavy atom. The Labute approximate surface area is 91.6 Å². The normalized spacial score (nSPS) is 11.9. The average Bonchev–Trinajstić information content (AvgIpc) is 2.26. The number of aliphatic hydroxyl groups excluding tert-OH is 1. The van der Waals surface area contributed by atoms with Crippen molar-refractivity contribution in [3.8, 4) is 0 Å². The highest BCUT2D eigenvalue weighted by Crippen LogP contribution is 2.12. The van der Waals surface area contributed by atoms with Gasteiger partial charge in [0, 0.05) is 12.1 Å². The van der Waals surface area contributed by atoms with Crippen molar-refractivity contribution in [2.24, 2.45) is 0 Å². The smallest absolute Gasteiger partial charge is 0.334 e. The fourth-order valence-corrected chi connectivity index (χ4v) is 0.989. The maximum absolute atomic E-state index is 10.9. The summed E-state index contributed by atoms with van der Waals surface area (Å²) in [6.45, 7) is 1.29. The third-order valence-electron chi connectivity index (χ3n) is 1.87. The number of ether oxygens (including phenoxy) is 1. The maximum atomic E-state index is 10.9. The number of nitrogens with zero attached hydrogens (tertiary/aromatic N) is 1. The van der Waals surface area contributed by atoms with E-state index in [2.05, 4.69) is 0 Å². The van der Waals surface area contributed by atoms with Crippen LogP contribution in [0.5, 0.6) is 0 Å². The van der Waals surface area contributed by atoms with Gasteiger partial charge in [0.15, 0.2) is 0 Å². The Hall–Kier alpha value is -1.95. The molecule has 0 spiro atoms. The lowest BCUT2D eigenvalue weighted by Crippen LogP contribution is -2.18. The van der Waals surface area contributed by atoms with Gasteiger partial charge in [-0.2, -0.15) is 0 Å². The molecular weight excluding hydrogens is 214 g/mol. The lowest BCUT2D eigenvalue weighted by molar-refractivity contribution is -0.384. The first-order valence-corrected chi connectivity index (χ1v) is 4.58. The molecule has 0 saturated heterocycles. The van der Waals surface area contributed by atoms with Crippen LogP contribution in [-0.4, -0.2) is 22.1 Å². The van der Waals surface area contributed by atoms with Crippen LogP contribution in [0.4, 0.5) is 5.69 Å². The number of nitro benzene ring substituents is 1. The van der Waals surface area contributed by atoms with Crippen LogP contribution in [0, 0.1) is 10.1 Å². The average molecular weight is 225 g/mol. The number of benzene rings is 1. The lowest BCUT2D eigenvalue weighted by Gasteiger charge is -2.06. The van der Waals surface area contributed by atoms with E-state index in [1.807, 2.05) is 0 Å². The minimum atomic E-state index is -1.17. The molecule has 86 valence electrons. The molecule has 1 aromatic rings. The molecule has 1 unspecified atom stereocenters. The fourth-order valence-electron chi connectivity index (χ4n) is 0.989. The molecule has 0 aliphatic carbocycles. The number of hydrogen-bond acceptors (Lipinski definition) is 5. The number of carbonyl (C=O) groups is 1. The molecule has 0 amide bonds. The molecule has 1 atom stereocenters. The minimum absolute atomic E-state index is 0.0122. The first-order chi connectivity index (χ1) is 7.50. The van der Waals surface area contributed by atoms with Crippen LogP contribution in [-0.2, 0) is 16.1 Å². The maximum Gasteiger partial charge on any atom is 0.334 e. The van der Waals surface area contributed by atoms with Gasteiger partial charge < -0.3 is 9.84 Å². The van der Waals surface area contributed by atoms with E-state index in [4.69, 9.17) is 9.84 Å². The Morgan fingerprint density at radius 2 is 2.06 bits per heavy atom. The van der Waals surface area contributed by atoms with Crippen LogP contribution >= 0.6 is 0 Å². The molecule has 0 aliphatic heterocycles. The molecule has 6 nitrogen and oxygen atoms in total. The Morgan fingerprint density at radius 1 is 1.50 bits per heavy atom. The fraction of sp³-hybridized carbons (Fsp3) is 0.300. The first-order valence-electron chi connectivity index (χ1n) is 4.58. The Kier molecular flexibility index (Phi) is 3.96. The number of carbonyl (C=O) groups excluding carboxylic acids is 1. The van der Waals surface area contributed by atoms with Gasteiger partial charge in [0.05, 0.1) is 4.92 Å². The number of rotatable bonds is 4. The van der Waals surface area contributed by atoms with Gasteiger partial charge in [0.2, 0.25) is 0 Å². The summed E-state index contributed by atoms with van der Waals surface area (Å²) in [6, 6.07) is 5.64. The molecule has 0 radical (unpaired) electrons. The standard InChI is InChI=1S/C10H11NO5/c1-7(12)10(13)16-6-8-2-4-9(5-3-8)11(14)15/h2-5,7,12H,6H2,1H3. The van der Waals surface area contributed by atoms with Crippen molar-refractivity contribution < 1.29 is 19.6 Å². The lowest BCUT2D eigenvalue weighted by atomic mass is 10.2. The highest BCUT2D eigenvalue weighted by Gasteiger charge is 2.10. The zero-order chi connectivity index (χ0) is 12.1. The van der Waals surface area contributed by atoms with Crippen LogP contribution in [0.1, 0.15) is 12.5 Å². The Bertz CT molecular complexity index is 385. The van der Waals surface area contributed by atoms with Crippen molar-refractivity contribution in [3.63, 3.8) is 0 Å². The third-order valence-corrected chi connectivity index (χ3v) is 1.87. The van der Waals surface area contributed by atoms with Crippen LogP contribution < -0.4 is 0 Å². The van der Waals surface area contributed by atoms with Crippen LogP contribution in [0.2, 0.25) is 0 Å². The zero-order valence-electron chi connectivity index (χ0n) is 8.62. The molecule has 0 aromatic heterocycles. The third kappa shape index (κ3) is 3.32. The SMILES string of the molecule is CC(O)C(=O)OCc1ccc([N+](=O)[O-])cc1. The van der Waals surface area contributed by atoms with Gasteiger partial charge in [-0.25, -0.2) is 4.79 Å². The predicted molar refractivity (Wildman–Crippen MR) is 54.6 cm³/mol. The van der Waals surface area contributed by atoms with Gasteiger partial charge >= 0.3 is 5.97 Å². The van der Waals surface area contributed by atoms with Crippen molar-refractivity contribution in [2.75, 3.05) is 0 Å². The van der Waals surface area contributed by atoms with E-state index in [-0.39, 0.29) is 12.3 Å². The highest BCUT2D eigenvalue weighted by molar-refractivity contribution is 5.73. The molecule has 0 aliphatic rings. The molecule has 1 aromatic carbocycles. The van der Waals surface area contributed by atoms with Crippen molar-refractivity contribution in [1.29, 1.82) is 0 Å². The summed E-state index contributed by atoms with van der Waals surface area (Å²) >= 11 is 0. The molecule has 0 fully saturated rings. The summed E-state index contributed by atoms with van der Waals surface area (Å²) in [6.07, 6.45) is -1.17. The number of hydrogen-bond donors (Lipinski definition) is 1. The second-order valence-corrected chi connectivity index (χ2v) is 3.21. The molecule has 0 saturated carbocycles. The molecule has 1 N–H and O–H groups in total. The summed E-state index contributed by atoms with van der Waals surface area (Å²) < 4.78 is 4.73. The van der Waals surface area contributed by atoms with E-state index in [9.17, 15) is 14.9 Å². The molecule has 0 bridgehead atoms. The number of nitro groups is 1. The van der Waals surface area contributed by atoms with Gasteiger partial charge in [-0.1, -0.05) is 0 Å². The topological polar surface area (TPSA) is 89.7 Å². The van der Waals surface area contributed by atoms with E-state index in [0.717, 1.165) is 0 Å². The molecular formula is C10H11NO5. The van der Waals surface area contributed by atoms with E-state index in [1.54, 1.807) is 0 Å². The van der Waals surface area contributed by atoms with Gasteiger partial charge in [-0.05, 0) is 24.6 Å². The van der Waals surface area contributed by atoms with E-state index in [1.165, 1.54) is 31.2 Å². The predicted octanol–water partition coefficient (Wildman–Crippen LogP) is 1.02. The minimum Gasteiger partial charge on any atom is -0.459 e. The van der Waals surface area contributed by atoms with Gasteiger partial charge in [-0.3, -0.25) is 10.1 Å². The van der Waals surface area contributed by atoms with Crippen LogP contribution in [0.15, 0.2) is 24.3 Å². The van der Waals surface area contributed by atoms with Crippen molar-refractivity contribution in [1.82, 2.24) is 0 Å². The van der Waals surface area contributed by atoms with Crippen molar-refractivity contribution >= 4 is 11.7 Å². The Balaban J connectivity index is 2.56. The summed E-state index contributed by atoms with van der Waals surface area (Å²) in [7, 11) is 0. The van der Waals surface area contributed by atoms with E-state index in [0.29, 0.717) is 5.56 Å².